The summed E-state index contributed by atoms with van der Waals surface area (Å²) in [4.78, 5) is 27.7. The van der Waals surface area contributed by atoms with E-state index in [4.69, 9.17) is 4.74 Å². The van der Waals surface area contributed by atoms with E-state index in [0.29, 0.717) is 31.9 Å². The van der Waals surface area contributed by atoms with Gasteiger partial charge < -0.3 is 10.1 Å². The molecule has 8 nitrogen and oxygen atoms in total. The topological polar surface area (TPSA) is 96.0 Å². The van der Waals surface area contributed by atoms with E-state index in [1.54, 1.807) is 24.8 Å². The van der Waals surface area contributed by atoms with Crippen molar-refractivity contribution in [3.05, 3.63) is 42.5 Å². The second-order valence-corrected chi connectivity index (χ2v) is 11.0. The predicted octanol–water partition coefficient (Wildman–Crippen LogP) is 3.68. The number of nitrogens with zero attached hydrogens (tertiary/aromatic N) is 2. The van der Waals surface area contributed by atoms with Gasteiger partial charge in [0.1, 0.15) is 5.75 Å². The highest BCUT2D eigenvalue weighted by Crippen LogP contribution is 2.56. The average Bonchev–Trinajstić information content (AvgIpc) is 3.31. The number of hydrogen-bond acceptors (Lipinski definition) is 6. The molecule has 2 amide bonds. The van der Waals surface area contributed by atoms with Gasteiger partial charge in [-0.3, -0.25) is 14.5 Å². The summed E-state index contributed by atoms with van der Waals surface area (Å²) in [6.45, 7) is 6.38. The van der Waals surface area contributed by atoms with Crippen LogP contribution in [0.5, 0.6) is 5.75 Å². The number of thioether (sulfide) groups is 1. The maximum atomic E-state index is 13.7. The van der Waals surface area contributed by atoms with E-state index in [1.165, 1.54) is 28.2 Å². The first-order chi connectivity index (χ1) is 15.8. The molecule has 1 fully saturated rings. The molecule has 0 bridgehead atoms. The van der Waals surface area contributed by atoms with Crippen LogP contribution in [0.15, 0.2) is 52.3 Å². The molecule has 0 aliphatic carbocycles. The van der Waals surface area contributed by atoms with Crippen molar-refractivity contribution in [3.8, 4) is 5.75 Å². The second kappa shape index (κ2) is 9.00. The van der Waals surface area contributed by atoms with Crippen LogP contribution in [0.1, 0.15) is 33.6 Å². The molecule has 10 heteroatoms. The summed E-state index contributed by atoms with van der Waals surface area (Å²) in [7, 11) is -3.73. The number of ether oxygens (including phenoxy) is 1. The minimum absolute atomic E-state index is 0.0733. The Morgan fingerprint density at radius 1 is 1.18 bits per heavy atom. The van der Waals surface area contributed by atoms with Gasteiger partial charge in [0.05, 0.1) is 22.9 Å². The first kappa shape index (κ1) is 23.6. The number of benzene rings is 2. The number of carbonyl (C=O) groups excluding carboxylic acids is 2. The van der Waals surface area contributed by atoms with Crippen LogP contribution in [0, 0.1) is 0 Å². The third kappa shape index (κ3) is 3.89. The van der Waals surface area contributed by atoms with Gasteiger partial charge >= 0.3 is 0 Å². The summed E-state index contributed by atoms with van der Waals surface area (Å²) in [5.41, 5.74) is 0.989. The SMILES string of the molecule is CCOc1ccc(S(=O)(=O)N(CC)CC)cc1NC(=O)[C@]12CCC(=O)N1c1ccccc1S2. The minimum Gasteiger partial charge on any atom is -0.492 e. The number of rotatable bonds is 8. The van der Waals surface area contributed by atoms with Gasteiger partial charge in [-0.15, -0.1) is 0 Å². The Kier molecular flexibility index (Phi) is 6.43. The molecule has 2 aliphatic rings. The number of sulfonamides is 1. The maximum absolute atomic E-state index is 13.7. The Balaban J connectivity index is 1.71. The predicted molar refractivity (Wildman–Crippen MR) is 128 cm³/mol. The number of anilines is 2. The van der Waals surface area contributed by atoms with Crippen molar-refractivity contribution in [2.45, 2.75) is 48.3 Å². The molecule has 1 atom stereocenters. The van der Waals surface area contributed by atoms with E-state index in [0.717, 1.165) is 10.6 Å². The first-order valence-corrected chi connectivity index (χ1v) is 13.2. The van der Waals surface area contributed by atoms with Crippen LogP contribution in [-0.4, -0.2) is 49.1 Å². The van der Waals surface area contributed by atoms with Gasteiger partial charge in [-0.1, -0.05) is 37.7 Å². The summed E-state index contributed by atoms with van der Waals surface area (Å²) in [5.74, 6) is -0.115. The van der Waals surface area contributed by atoms with E-state index in [9.17, 15) is 18.0 Å². The Morgan fingerprint density at radius 3 is 2.61 bits per heavy atom. The summed E-state index contributed by atoms with van der Waals surface area (Å²) in [6.07, 6.45) is 0.627. The lowest BCUT2D eigenvalue weighted by molar-refractivity contribution is -0.121. The Bertz CT molecular complexity index is 1200. The third-order valence-electron chi connectivity index (χ3n) is 5.87. The van der Waals surface area contributed by atoms with E-state index in [1.807, 2.05) is 31.2 Å². The van der Waals surface area contributed by atoms with Gasteiger partial charge in [-0.25, -0.2) is 8.42 Å². The Labute approximate surface area is 198 Å². The lowest BCUT2D eigenvalue weighted by Gasteiger charge is -2.30. The van der Waals surface area contributed by atoms with Crippen LogP contribution in [0.2, 0.25) is 0 Å². The maximum Gasteiger partial charge on any atom is 0.261 e. The molecule has 4 rings (SSSR count). The van der Waals surface area contributed by atoms with Crippen LogP contribution in [0.25, 0.3) is 0 Å². The fourth-order valence-corrected chi connectivity index (χ4v) is 7.18. The normalized spacial score (nSPS) is 19.5. The van der Waals surface area contributed by atoms with Crippen LogP contribution in [-0.2, 0) is 19.6 Å². The van der Waals surface area contributed by atoms with E-state index in [2.05, 4.69) is 5.32 Å². The molecular formula is C23H27N3O5S2. The highest BCUT2D eigenvalue weighted by molar-refractivity contribution is 8.02. The number of para-hydroxylation sites is 1. The zero-order valence-electron chi connectivity index (χ0n) is 18.8. The molecule has 1 saturated heterocycles. The molecule has 176 valence electrons. The lowest BCUT2D eigenvalue weighted by Crippen LogP contribution is -2.49. The molecule has 2 aliphatic heterocycles. The van der Waals surface area contributed by atoms with Gasteiger partial charge in [0, 0.05) is 24.4 Å². The minimum atomic E-state index is -3.73. The average molecular weight is 490 g/mol. The fourth-order valence-electron chi connectivity index (χ4n) is 4.28. The van der Waals surface area contributed by atoms with Crippen molar-refractivity contribution in [1.82, 2.24) is 4.31 Å². The molecule has 2 heterocycles. The fraction of sp³-hybridized carbons (Fsp3) is 0.391. The molecular weight excluding hydrogens is 462 g/mol. The number of amides is 2. The van der Waals surface area contributed by atoms with Gasteiger partial charge in [0.25, 0.3) is 5.91 Å². The van der Waals surface area contributed by atoms with Crippen molar-refractivity contribution in [1.29, 1.82) is 0 Å². The number of carbonyl (C=O) groups is 2. The van der Waals surface area contributed by atoms with Crippen LogP contribution in [0.4, 0.5) is 11.4 Å². The van der Waals surface area contributed by atoms with E-state index >= 15 is 0 Å². The van der Waals surface area contributed by atoms with Crippen molar-refractivity contribution < 1.29 is 22.7 Å². The summed E-state index contributed by atoms with van der Waals surface area (Å²) < 4.78 is 33.1. The summed E-state index contributed by atoms with van der Waals surface area (Å²) >= 11 is 1.35. The molecule has 0 spiro atoms. The standard InChI is InChI=1S/C23H27N3O5S2/c1-4-25(5-2)33(29,30)16-11-12-19(31-6-3)17(15-16)24-22(28)23-14-13-21(27)26(23)18-9-7-8-10-20(18)32-23/h7-12,15H,4-6,13-14H2,1-3H3,(H,24,28)/t23-/m1/s1. The van der Waals surface area contributed by atoms with Crippen molar-refractivity contribution >= 4 is 45.0 Å². The van der Waals surface area contributed by atoms with Crippen LogP contribution >= 0.6 is 11.8 Å². The van der Waals surface area contributed by atoms with Crippen molar-refractivity contribution in [2.24, 2.45) is 0 Å². The summed E-state index contributed by atoms with van der Waals surface area (Å²) in [6, 6.07) is 11.9. The third-order valence-corrected chi connectivity index (χ3v) is 9.39. The van der Waals surface area contributed by atoms with E-state index < -0.39 is 14.9 Å². The molecule has 0 saturated carbocycles. The van der Waals surface area contributed by atoms with E-state index in [-0.39, 0.29) is 28.8 Å². The molecule has 0 unspecified atom stereocenters. The van der Waals surface area contributed by atoms with Crippen LogP contribution < -0.4 is 15.0 Å². The van der Waals surface area contributed by atoms with Gasteiger partial charge in [-0.05, 0) is 43.7 Å². The quantitative estimate of drug-likeness (QED) is 0.608. The molecule has 2 aromatic carbocycles. The zero-order chi connectivity index (χ0) is 23.8. The Morgan fingerprint density at radius 2 is 1.91 bits per heavy atom. The van der Waals surface area contributed by atoms with Crippen molar-refractivity contribution in [3.63, 3.8) is 0 Å². The lowest BCUT2D eigenvalue weighted by atomic mass is 10.1. The van der Waals surface area contributed by atoms with Gasteiger partial charge in [0.15, 0.2) is 4.87 Å². The molecule has 2 aromatic rings. The second-order valence-electron chi connectivity index (χ2n) is 7.72. The molecule has 33 heavy (non-hydrogen) atoms. The number of fused-ring (bicyclic) bond motifs is 3. The Hall–Kier alpha value is -2.56. The summed E-state index contributed by atoms with van der Waals surface area (Å²) in [5, 5.41) is 2.88. The molecule has 0 aromatic heterocycles. The van der Waals surface area contributed by atoms with Gasteiger partial charge in [-0.2, -0.15) is 4.31 Å². The monoisotopic (exact) mass is 489 g/mol. The zero-order valence-corrected chi connectivity index (χ0v) is 20.5. The first-order valence-electron chi connectivity index (χ1n) is 11.0. The van der Waals surface area contributed by atoms with Crippen molar-refractivity contribution in [2.75, 3.05) is 29.9 Å². The number of nitrogens with one attached hydrogen (secondary N) is 1. The largest absolute Gasteiger partial charge is 0.492 e. The van der Waals surface area contributed by atoms with Gasteiger partial charge in [0.2, 0.25) is 15.9 Å². The number of hydrogen-bond donors (Lipinski definition) is 1. The van der Waals surface area contributed by atoms with Crippen LogP contribution in [0.3, 0.4) is 0 Å². The molecule has 0 radical (unpaired) electrons. The highest BCUT2D eigenvalue weighted by atomic mass is 32.2. The smallest absolute Gasteiger partial charge is 0.261 e. The molecule has 1 N–H and O–H groups in total. The highest BCUT2D eigenvalue weighted by Gasteiger charge is 2.57.